The zero-order chi connectivity index (χ0) is 20.0. The molecular formula is C16H17N9O3S. The van der Waals surface area contributed by atoms with Crippen molar-refractivity contribution in [3.63, 3.8) is 0 Å². The largest absolute Gasteiger partial charge is 0.387 e. The summed E-state index contributed by atoms with van der Waals surface area (Å²) in [4.78, 5) is 24.7. The summed E-state index contributed by atoms with van der Waals surface area (Å²) in [6, 6.07) is 0. The average molecular weight is 415 g/mol. The molecule has 0 bridgehead atoms. The Morgan fingerprint density at radius 3 is 2.79 bits per heavy atom. The van der Waals surface area contributed by atoms with Crippen molar-refractivity contribution < 1.29 is 14.9 Å². The molecule has 1 aliphatic heterocycles. The molecule has 0 aromatic carbocycles. The van der Waals surface area contributed by atoms with Crippen LogP contribution in [0.4, 0.5) is 5.82 Å². The number of thioether (sulfide) groups is 1. The number of hydrogen-bond acceptors (Lipinski definition) is 11. The molecule has 12 nitrogen and oxygen atoms in total. The van der Waals surface area contributed by atoms with Gasteiger partial charge in [-0.3, -0.25) is 4.57 Å². The molecule has 13 heteroatoms. The number of aliphatic hydroxyl groups excluding tert-OH is 2. The number of aliphatic hydroxyl groups is 2. The predicted octanol–water partition coefficient (Wildman–Crippen LogP) is -0.442. The summed E-state index contributed by atoms with van der Waals surface area (Å²) >= 11 is 1.53. The highest BCUT2D eigenvalue weighted by molar-refractivity contribution is 7.98. The van der Waals surface area contributed by atoms with Crippen molar-refractivity contribution in [2.24, 2.45) is 0 Å². The molecule has 4 atom stereocenters. The summed E-state index contributed by atoms with van der Waals surface area (Å²) in [5, 5.41) is 21.0. The molecule has 0 spiro atoms. The molecule has 150 valence electrons. The molecule has 0 amide bonds. The summed E-state index contributed by atoms with van der Waals surface area (Å²) in [6.45, 7) is 0. The summed E-state index contributed by atoms with van der Waals surface area (Å²) in [5.74, 6) is 1.27. The number of ether oxygens (including phenoxy) is 1. The van der Waals surface area contributed by atoms with Gasteiger partial charge >= 0.3 is 0 Å². The first-order valence-electron chi connectivity index (χ1n) is 8.76. The van der Waals surface area contributed by atoms with Crippen LogP contribution in [0.15, 0.2) is 31.5 Å². The molecule has 4 aromatic heterocycles. The van der Waals surface area contributed by atoms with E-state index in [-0.39, 0.29) is 5.82 Å². The van der Waals surface area contributed by atoms with Gasteiger partial charge in [-0.25, -0.2) is 29.9 Å². The highest BCUT2D eigenvalue weighted by atomic mass is 32.2. The predicted molar refractivity (Wildman–Crippen MR) is 103 cm³/mol. The van der Waals surface area contributed by atoms with Crippen molar-refractivity contribution in [3.8, 4) is 0 Å². The van der Waals surface area contributed by atoms with E-state index in [1.54, 1.807) is 17.1 Å². The minimum absolute atomic E-state index is 0.241. The molecule has 0 radical (unpaired) electrons. The van der Waals surface area contributed by atoms with Crippen LogP contribution in [-0.4, -0.2) is 73.3 Å². The maximum atomic E-state index is 10.5. The molecule has 4 N–H and O–H groups in total. The molecule has 1 aliphatic rings. The van der Waals surface area contributed by atoms with Gasteiger partial charge in [0.25, 0.3) is 0 Å². The van der Waals surface area contributed by atoms with E-state index in [1.165, 1.54) is 30.7 Å². The lowest BCUT2D eigenvalue weighted by Crippen LogP contribution is -2.32. The third-order valence-electron chi connectivity index (χ3n) is 4.79. The van der Waals surface area contributed by atoms with Crippen molar-refractivity contribution >= 4 is 39.9 Å². The summed E-state index contributed by atoms with van der Waals surface area (Å²) in [7, 11) is 0. The molecule has 1 saturated heterocycles. The van der Waals surface area contributed by atoms with Gasteiger partial charge in [0.2, 0.25) is 0 Å². The summed E-state index contributed by atoms with van der Waals surface area (Å²) in [5.41, 5.74) is 8.12. The van der Waals surface area contributed by atoms with Crippen LogP contribution in [0.5, 0.6) is 0 Å². The SMILES string of the molecule is Nc1ncnc2c1ncn2C1OC(CSCn2cnc3cncnc32)C(O)C1O. The van der Waals surface area contributed by atoms with Gasteiger partial charge in [-0.2, -0.15) is 0 Å². The number of nitrogens with zero attached hydrogens (tertiary/aromatic N) is 8. The Bertz CT molecular complexity index is 1160. The van der Waals surface area contributed by atoms with Crippen molar-refractivity contribution in [2.75, 3.05) is 11.5 Å². The Balaban J connectivity index is 1.29. The number of fused-ring (bicyclic) bond motifs is 2. The van der Waals surface area contributed by atoms with Gasteiger partial charge in [-0.1, -0.05) is 0 Å². The second-order valence-electron chi connectivity index (χ2n) is 6.58. The van der Waals surface area contributed by atoms with E-state index in [0.29, 0.717) is 28.3 Å². The number of rotatable bonds is 5. The van der Waals surface area contributed by atoms with Crippen molar-refractivity contribution in [2.45, 2.75) is 30.4 Å². The maximum Gasteiger partial charge on any atom is 0.167 e. The van der Waals surface area contributed by atoms with Gasteiger partial charge in [-0.15, -0.1) is 11.8 Å². The van der Waals surface area contributed by atoms with Gasteiger partial charge in [0, 0.05) is 5.75 Å². The number of nitrogen functional groups attached to an aromatic ring is 1. The third kappa shape index (κ3) is 3.07. The standard InChI is InChI=1S/C16H17N9O3S/c17-13-10-15(21-4-19-13)25(6-23-10)16-12(27)11(26)9(28-16)2-29-7-24-5-22-8-1-18-3-20-14(8)24/h1,3-6,9,11-12,16,26-27H,2,7H2,(H2,17,19,21). The van der Waals surface area contributed by atoms with Gasteiger partial charge in [0.1, 0.15) is 35.9 Å². The van der Waals surface area contributed by atoms with Crippen molar-refractivity contribution in [3.05, 3.63) is 31.5 Å². The molecule has 29 heavy (non-hydrogen) atoms. The molecule has 4 aromatic rings. The third-order valence-corrected chi connectivity index (χ3v) is 5.82. The van der Waals surface area contributed by atoms with Crippen molar-refractivity contribution in [1.82, 2.24) is 39.0 Å². The smallest absolute Gasteiger partial charge is 0.167 e. The van der Waals surface area contributed by atoms with E-state index in [1.807, 2.05) is 4.57 Å². The lowest BCUT2D eigenvalue weighted by atomic mass is 10.1. The molecule has 5 rings (SSSR count). The number of aromatic nitrogens is 8. The van der Waals surface area contributed by atoms with E-state index in [0.717, 1.165) is 5.65 Å². The van der Waals surface area contributed by atoms with E-state index >= 15 is 0 Å². The molecule has 0 saturated carbocycles. The maximum absolute atomic E-state index is 10.5. The van der Waals surface area contributed by atoms with Crippen molar-refractivity contribution in [1.29, 1.82) is 0 Å². The Hall–Kier alpha value is -2.87. The molecule has 0 aliphatic carbocycles. The van der Waals surface area contributed by atoms with Crippen LogP contribution in [0, 0.1) is 0 Å². The average Bonchev–Trinajstić information content (AvgIpc) is 3.41. The summed E-state index contributed by atoms with van der Waals surface area (Å²) < 4.78 is 9.39. The molecule has 4 unspecified atom stereocenters. The zero-order valence-electron chi connectivity index (χ0n) is 15.0. The first-order chi connectivity index (χ1) is 14.1. The molecule has 5 heterocycles. The van der Waals surface area contributed by atoms with Gasteiger partial charge in [-0.05, 0) is 0 Å². The summed E-state index contributed by atoms with van der Waals surface area (Å²) in [6.07, 6.45) is 4.04. The van der Waals surface area contributed by atoms with Crippen LogP contribution in [0.3, 0.4) is 0 Å². The first kappa shape index (κ1) is 18.2. The normalized spacial score (nSPS) is 24.6. The lowest BCUT2D eigenvalue weighted by Gasteiger charge is -2.16. The minimum Gasteiger partial charge on any atom is -0.387 e. The number of nitrogens with two attached hydrogens (primary N) is 1. The van der Waals surface area contributed by atoms with Gasteiger partial charge in [0.05, 0.1) is 30.8 Å². The quantitative estimate of drug-likeness (QED) is 0.387. The highest BCUT2D eigenvalue weighted by Gasteiger charge is 2.44. The fourth-order valence-electron chi connectivity index (χ4n) is 3.33. The van der Waals surface area contributed by atoms with E-state index in [9.17, 15) is 10.2 Å². The number of imidazole rings is 2. The molecular weight excluding hydrogens is 398 g/mol. The van der Waals surface area contributed by atoms with Gasteiger partial charge in [0.15, 0.2) is 23.3 Å². The fourth-order valence-corrected chi connectivity index (χ4v) is 4.33. The zero-order valence-corrected chi connectivity index (χ0v) is 15.8. The monoisotopic (exact) mass is 415 g/mol. The topological polar surface area (TPSA) is 163 Å². The minimum atomic E-state index is -1.13. The lowest BCUT2D eigenvalue weighted by molar-refractivity contribution is -0.0289. The second-order valence-corrected chi connectivity index (χ2v) is 7.57. The Kier molecular flexibility index (Phi) is 4.50. The molecule has 1 fully saturated rings. The first-order valence-corrected chi connectivity index (χ1v) is 9.92. The second kappa shape index (κ2) is 7.18. The van der Waals surface area contributed by atoms with E-state index in [4.69, 9.17) is 10.5 Å². The van der Waals surface area contributed by atoms with Crippen LogP contribution in [-0.2, 0) is 10.6 Å². The van der Waals surface area contributed by atoms with E-state index in [2.05, 4.69) is 29.9 Å². The van der Waals surface area contributed by atoms with Gasteiger partial charge < -0.3 is 25.3 Å². The Morgan fingerprint density at radius 2 is 1.90 bits per heavy atom. The van der Waals surface area contributed by atoms with Crippen LogP contribution in [0.1, 0.15) is 6.23 Å². The fraction of sp³-hybridized carbons (Fsp3) is 0.375. The number of hydrogen-bond donors (Lipinski definition) is 3. The van der Waals surface area contributed by atoms with Crippen LogP contribution in [0.2, 0.25) is 0 Å². The van der Waals surface area contributed by atoms with Crippen LogP contribution < -0.4 is 5.73 Å². The Labute approximate surface area is 167 Å². The van der Waals surface area contributed by atoms with Crippen LogP contribution in [0.25, 0.3) is 22.3 Å². The van der Waals surface area contributed by atoms with E-state index < -0.39 is 24.5 Å². The number of anilines is 1. The van der Waals surface area contributed by atoms with Crippen LogP contribution >= 0.6 is 11.8 Å². The highest BCUT2D eigenvalue weighted by Crippen LogP contribution is 2.33. The Morgan fingerprint density at radius 1 is 1.03 bits per heavy atom.